The molecule has 1 heterocycles. The highest BCUT2D eigenvalue weighted by Gasteiger charge is 2.38. The maximum Gasteiger partial charge on any atom is 0.271 e. The number of nitro benzene ring substituents is 1. The van der Waals surface area contributed by atoms with Crippen LogP contribution in [0.2, 0.25) is 0 Å². The molecular formula is C28H20N2O6S2. The van der Waals surface area contributed by atoms with Crippen LogP contribution < -0.4 is 4.90 Å². The number of sulfone groups is 1. The predicted molar refractivity (Wildman–Crippen MR) is 143 cm³/mol. The van der Waals surface area contributed by atoms with E-state index in [9.17, 15) is 28.1 Å². The van der Waals surface area contributed by atoms with Crippen molar-refractivity contribution in [3.63, 3.8) is 0 Å². The zero-order valence-electron chi connectivity index (χ0n) is 20.2. The average molecular weight is 545 g/mol. The fourth-order valence-corrected chi connectivity index (χ4v) is 6.31. The first-order chi connectivity index (χ1) is 18.1. The average Bonchev–Trinajstić information content (AvgIpc) is 3.15. The van der Waals surface area contributed by atoms with Gasteiger partial charge in [-0.2, -0.15) is 0 Å². The molecule has 0 saturated heterocycles. The first kappa shape index (κ1) is 25.4. The number of nitro groups is 1. The van der Waals surface area contributed by atoms with E-state index in [2.05, 4.69) is 6.07 Å². The lowest BCUT2D eigenvalue weighted by Gasteiger charge is -2.13. The van der Waals surface area contributed by atoms with Gasteiger partial charge in [0.2, 0.25) is 9.84 Å². The van der Waals surface area contributed by atoms with Crippen LogP contribution in [-0.4, -0.2) is 25.2 Å². The van der Waals surface area contributed by atoms with Gasteiger partial charge in [-0.15, -0.1) is 0 Å². The normalized spacial score (nSPS) is 13.1. The van der Waals surface area contributed by atoms with Crippen LogP contribution in [0.15, 0.2) is 105 Å². The Morgan fingerprint density at radius 1 is 0.737 bits per heavy atom. The summed E-state index contributed by atoms with van der Waals surface area (Å²) in [7, 11) is -3.98. The van der Waals surface area contributed by atoms with Crippen LogP contribution in [0.3, 0.4) is 0 Å². The monoisotopic (exact) mass is 544 g/mol. The predicted octanol–water partition coefficient (Wildman–Crippen LogP) is 6.00. The third-order valence-electron chi connectivity index (χ3n) is 6.32. The van der Waals surface area contributed by atoms with E-state index >= 15 is 0 Å². The first-order valence-electron chi connectivity index (χ1n) is 11.4. The van der Waals surface area contributed by atoms with Gasteiger partial charge < -0.3 is 0 Å². The number of amides is 2. The minimum atomic E-state index is -3.98. The van der Waals surface area contributed by atoms with Crippen LogP contribution >= 0.6 is 11.8 Å². The van der Waals surface area contributed by atoms with Crippen molar-refractivity contribution in [3.05, 3.63) is 117 Å². The van der Waals surface area contributed by atoms with Gasteiger partial charge >= 0.3 is 0 Å². The number of imide groups is 1. The number of rotatable bonds is 6. The van der Waals surface area contributed by atoms with Crippen molar-refractivity contribution in [2.45, 2.75) is 33.4 Å². The molecule has 4 aromatic rings. The van der Waals surface area contributed by atoms with E-state index in [0.29, 0.717) is 0 Å². The Hall–Kier alpha value is -4.28. The molecule has 10 heteroatoms. The Morgan fingerprint density at radius 3 is 2.08 bits per heavy atom. The summed E-state index contributed by atoms with van der Waals surface area (Å²) in [5.74, 6) is -1.43. The molecule has 5 rings (SSSR count). The zero-order chi connectivity index (χ0) is 27.2. The Bertz CT molecular complexity index is 1750. The van der Waals surface area contributed by atoms with Gasteiger partial charge in [-0.05, 0) is 85.6 Å². The van der Waals surface area contributed by atoms with Gasteiger partial charge in [-0.1, -0.05) is 23.9 Å². The van der Waals surface area contributed by atoms with Gasteiger partial charge in [0.25, 0.3) is 17.5 Å². The lowest BCUT2D eigenvalue weighted by Crippen LogP contribution is -2.29. The zero-order valence-corrected chi connectivity index (χ0v) is 21.9. The van der Waals surface area contributed by atoms with Crippen LogP contribution in [-0.2, 0) is 9.84 Å². The molecular weight excluding hydrogens is 524 g/mol. The van der Waals surface area contributed by atoms with E-state index in [1.54, 1.807) is 12.1 Å². The molecule has 0 aliphatic carbocycles. The maximum absolute atomic E-state index is 13.4. The van der Waals surface area contributed by atoms with Crippen LogP contribution in [0.4, 0.5) is 11.4 Å². The Kier molecular flexibility index (Phi) is 6.38. The lowest BCUT2D eigenvalue weighted by atomic mass is 10.1. The van der Waals surface area contributed by atoms with E-state index in [4.69, 9.17) is 0 Å². The molecule has 0 unspecified atom stereocenters. The topological polar surface area (TPSA) is 115 Å². The number of carbonyl (C=O) groups excluding carboxylic acids is 2. The summed E-state index contributed by atoms with van der Waals surface area (Å²) in [6.07, 6.45) is 0. The minimum Gasteiger partial charge on any atom is -0.268 e. The second-order valence-electron chi connectivity index (χ2n) is 8.75. The molecule has 1 aliphatic heterocycles. The smallest absolute Gasteiger partial charge is 0.268 e. The highest BCUT2D eigenvalue weighted by molar-refractivity contribution is 7.99. The van der Waals surface area contributed by atoms with Gasteiger partial charge in [0.05, 0.1) is 31.5 Å². The molecule has 0 fully saturated rings. The highest BCUT2D eigenvalue weighted by atomic mass is 32.2. The number of hydrogen-bond donors (Lipinski definition) is 0. The van der Waals surface area contributed by atoms with Crippen LogP contribution in [0.1, 0.15) is 31.8 Å². The van der Waals surface area contributed by atoms with E-state index in [1.165, 1.54) is 71.4 Å². The summed E-state index contributed by atoms with van der Waals surface area (Å²) in [6, 6.07) is 21.5. The fourth-order valence-electron chi connectivity index (χ4n) is 4.10. The number of carbonyl (C=O) groups is 2. The van der Waals surface area contributed by atoms with Gasteiger partial charge in [-0.25, -0.2) is 13.3 Å². The number of fused-ring (bicyclic) bond motifs is 1. The van der Waals surface area contributed by atoms with E-state index in [-0.39, 0.29) is 32.3 Å². The third kappa shape index (κ3) is 4.48. The van der Waals surface area contributed by atoms with Gasteiger partial charge in [0, 0.05) is 21.9 Å². The van der Waals surface area contributed by atoms with Gasteiger partial charge in [0.15, 0.2) is 0 Å². The lowest BCUT2D eigenvalue weighted by molar-refractivity contribution is -0.384. The maximum atomic E-state index is 13.4. The van der Waals surface area contributed by atoms with E-state index in [0.717, 1.165) is 20.8 Å². The largest absolute Gasteiger partial charge is 0.271 e. The Balaban J connectivity index is 1.42. The standard InChI is InChI=1S/C28H20N2O6S2/c1-17-6-7-22(14-18(17)2)37-21-8-10-23(11-9-21)38(35,36)24-12-13-25-26(16-24)28(32)29(27(25)31)19-4-3-5-20(15-19)30(33)34/h3-16H,1-2H3. The summed E-state index contributed by atoms with van der Waals surface area (Å²) in [5.41, 5.74) is 2.07. The molecule has 0 N–H and O–H groups in total. The number of nitrogens with zero attached hydrogens (tertiary/aromatic N) is 2. The van der Waals surface area contributed by atoms with E-state index < -0.39 is 26.6 Å². The van der Waals surface area contributed by atoms with Gasteiger partial charge in [-0.3, -0.25) is 19.7 Å². The number of hydrogen-bond acceptors (Lipinski definition) is 7. The summed E-state index contributed by atoms with van der Waals surface area (Å²) in [6.45, 7) is 4.07. The molecule has 4 aromatic carbocycles. The van der Waals surface area contributed by atoms with Crippen molar-refractivity contribution in [2.24, 2.45) is 0 Å². The van der Waals surface area contributed by atoms with Crippen molar-refractivity contribution >= 4 is 44.8 Å². The van der Waals surface area contributed by atoms with Crippen LogP contribution in [0.5, 0.6) is 0 Å². The van der Waals surface area contributed by atoms with Crippen molar-refractivity contribution in [3.8, 4) is 0 Å². The van der Waals surface area contributed by atoms with E-state index in [1.807, 2.05) is 26.0 Å². The quantitative estimate of drug-likeness (QED) is 0.166. The molecule has 38 heavy (non-hydrogen) atoms. The fraction of sp³-hybridized carbons (Fsp3) is 0.0714. The summed E-state index contributed by atoms with van der Waals surface area (Å²) in [5, 5.41) is 11.1. The molecule has 0 saturated carbocycles. The number of aryl methyl sites for hydroxylation is 2. The Morgan fingerprint density at radius 2 is 1.39 bits per heavy atom. The van der Waals surface area contributed by atoms with Crippen LogP contribution in [0, 0.1) is 24.0 Å². The summed E-state index contributed by atoms with van der Waals surface area (Å²) in [4.78, 5) is 39.2. The number of anilines is 1. The second-order valence-corrected chi connectivity index (χ2v) is 11.8. The third-order valence-corrected chi connectivity index (χ3v) is 9.08. The second kappa shape index (κ2) is 9.55. The molecule has 8 nitrogen and oxygen atoms in total. The molecule has 0 spiro atoms. The summed E-state index contributed by atoms with van der Waals surface area (Å²) >= 11 is 1.52. The molecule has 0 atom stereocenters. The van der Waals surface area contributed by atoms with Crippen molar-refractivity contribution < 1.29 is 22.9 Å². The van der Waals surface area contributed by atoms with Crippen molar-refractivity contribution in [2.75, 3.05) is 4.90 Å². The molecule has 1 aliphatic rings. The molecule has 0 bridgehead atoms. The molecule has 190 valence electrons. The van der Waals surface area contributed by atoms with Crippen molar-refractivity contribution in [1.29, 1.82) is 0 Å². The summed E-state index contributed by atoms with van der Waals surface area (Å²) < 4.78 is 26.7. The number of benzene rings is 4. The number of non-ortho nitro benzene ring substituents is 1. The van der Waals surface area contributed by atoms with Gasteiger partial charge in [0.1, 0.15) is 0 Å². The molecule has 2 amide bonds. The molecule has 0 aromatic heterocycles. The highest BCUT2D eigenvalue weighted by Crippen LogP contribution is 2.34. The minimum absolute atomic E-state index is 0.0283. The first-order valence-corrected chi connectivity index (χ1v) is 13.7. The Labute approximate surface area is 223 Å². The molecule has 0 radical (unpaired) electrons. The van der Waals surface area contributed by atoms with Crippen molar-refractivity contribution in [1.82, 2.24) is 0 Å². The van der Waals surface area contributed by atoms with Crippen LogP contribution in [0.25, 0.3) is 0 Å². The SMILES string of the molecule is Cc1ccc(Sc2ccc(S(=O)(=O)c3ccc4c(c3)C(=O)N(c3cccc([N+](=O)[O-])c3)C4=O)cc2)cc1C.